The number of alkyl carbamates (subject to hydrolysis) is 1. The third-order valence-corrected chi connectivity index (χ3v) is 5.63. The van der Waals surface area contributed by atoms with Gasteiger partial charge in [-0.25, -0.2) is 4.79 Å². The minimum absolute atomic E-state index is 0.0640. The normalized spacial score (nSPS) is 15.6. The number of aliphatic carboxylic acids is 1. The lowest BCUT2D eigenvalue weighted by molar-refractivity contribution is -0.138. The van der Waals surface area contributed by atoms with Crippen molar-refractivity contribution in [2.24, 2.45) is 5.92 Å². The summed E-state index contributed by atoms with van der Waals surface area (Å²) in [5.41, 5.74) is 4.50. The molecular formula is C23H24N2O5. The number of hydrogen-bond acceptors (Lipinski definition) is 4. The molecule has 0 bridgehead atoms. The molecule has 1 saturated carbocycles. The number of fused-ring (bicyclic) bond motifs is 3. The Morgan fingerprint density at radius 2 is 1.60 bits per heavy atom. The standard InChI is InChI=1S/C23H24N2O5/c26-21(27)12-24-22(28)20(11-14-9-10-14)25-23(29)30-13-19-17-7-3-1-5-15(17)16-6-2-4-8-18(16)19/h1-8,14,19-20H,9-13H2,(H,24,28)(H,25,29)(H,26,27). The molecule has 0 heterocycles. The summed E-state index contributed by atoms with van der Waals surface area (Å²) < 4.78 is 5.50. The van der Waals surface area contributed by atoms with Crippen LogP contribution in [0.4, 0.5) is 4.79 Å². The zero-order valence-corrected chi connectivity index (χ0v) is 16.5. The molecule has 1 fully saturated rings. The highest BCUT2D eigenvalue weighted by Crippen LogP contribution is 2.44. The third kappa shape index (κ3) is 4.45. The van der Waals surface area contributed by atoms with Crippen molar-refractivity contribution < 1.29 is 24.2 Å². The van der Waals surface area contributed by atoms with Gasteiger partial charge in [0, 0.05) is 5.92 Å². The Labute approximate surface area is 174 Å². The van der Waals surface area contributed by atoms with Crippen LogP contribution in [0.5, 0.6) is 0 Å². The zero-order valence-electron chi connectivity index (χ0n) is 16.5. The first kappa shape index (κ1) is 19.9. The number of ether oxygens (including phenoxy) is 1. The summed E-state index contributed by atoms with van der Waals surface area (Å²) in [4.78, 5) is 35.4. The molecule has 30 heavy (non-hydrogen) atoms. The highest BCUT2D eigenvalue weighted by atomic mass is 16.5. The van der Waals surface area contributed by atoms with Gasteiger partial charge in [0.15, 0.2) is 0 Å². The van der Waals surface area contributed by atoms with E-state index in [0.29, 0.717) is 12.3 Å². The maximum atomic E-state index is 12.4. The summed E-state index contributed by atoms with van der Waals surface area (Å²) in [5.74, 6) is -1.32. The number of rotatable bonds is 8. The molecule has 2 aliphatic rings. The molecule has 1 atom stereocenters. The zero-order chi connectivity index (χ0) is 21.1. The molecule has 3 N–H and O–H groups in total. The van der Waals surface area contributed by atoms with Gasteiger partial charge >= 0.3 is 12.1 Å². The van der Waals surface area contributed by atoms with Crippen LogP contribution in [0.1, 0.15) is 36.3 Å². The topological polar surface area (TPSA) is 105 Å². The Morgan fingerprint density at radius 1 is 1.00 bits per heavy atom. The Bertz CT molecular complexity index is 924. The van der Waals surface area contributed by atoms with E-state index in [1.165, 1.54) is 0 Å². The fourth-order valence-corrected chi connectivity index (χ4v) is 3.99. The van der Waals surface area contributed by atoms with Crippen molar-refractivity contribution in [3.05, 3.63) is 59.7 Å². The van der Waals surface area contributed by atoms with Crippen LogP contribution in [-0.2, 0) is 14.3 Å². The lowest BCUT2D eigenvalue weighted by Gasteiger charge is -2.19. The summed E-state index contributed by atoms with van der Waals surface area (Å²) in [6.45, 7) is -0.320. The van der Waals surface area contributed by atoms with Gasteiger partial charge < -0.3 is 20.5 Å². The van der Waals surface area contributed by atoms with Crippen LogP contribution in [-0.4, -0.2) is 42.3 Å². The van der Waals surface area contributed by atoms with Gasteiger partial charge in [-0.15, -0.1) is 0 Å². The summed E-state index contributed by atoms with van der Waals surface area (Å²) in [5, 5.41) is 13.7. The molecule has 2 aliphatic carbocycles. The van der Waals surface area contributed by atoms with E-state index in [9.17, 15) is 14.4 Å². The predicted molar refractivity (Wildman–Crippen MR) is 110 cm³/mol. The average molecular weight is 408 g/mol. The average Bonchev–Trinajstić information content (AvgIpc) is 3.50. The Kier molecular flexibility index (Phi) is 5.70. The van der Waals surface area contributed by atoms with Crippen molar-refractivity contribution in [1.82, 2.24) is 10.6 Å². The first-order valence-corrected chi connectivity index (χ1v) is 10.1. The molecule has 1 unspecified atom stereocenters. The molecule has 2 aromatic rings. The molecular weight excluding hydrogens is 384 g/mol. The molecule has 7 heteroatoms. The van der Waals surface area contributed by atoms with E-state index >= 15 is 0 Å². The van der Waals surface area contributed by atoms with Gasteiger partial charge in [-0.1, -0.05) is 61.4 Å². The van der Waals surface area contributed by atoms with E-state index in [2.05, 4.69) is 22.8 Å². The molecule has 4 rings (SSSR count). The van der Waals surface area contributed by atoms with E-state index in [0.717, 1.165) is 35.1 Å². The van der Waals surface area contributed by atoms with Crippen molar-refractivity contribution >= 4 is 18.0 Å². The van der Waals surface area contributed by atoms with Gasteiger partial charge in [-0.3, -0.25) is 9.59 Å². The molecule has 0 radical (unpaired) electrons. The second-order valence-corrected chi connectivity index (χ2v) is 7.81. The van der Waals surface area contributed by atoms with Crippen LogP contribution >= 0.6 is 0 Å². The van der Waals surface area contributed by atoms with Crippen LogP contribution in [0.2, 0.25) is 0 Å². The van der Waals surface area contributed by atoms with Crippen LogP contribution < -0.4 is 10.6 Å². The quantitative estimate of drug-likeness (QED) is 0.623. The second-order valence-electron chi connectivity index (χ2n) is 7.81. The van der Waals surface area contributed by atoms with Crippen molar-refractivity contribution in [3.8, 4) is 11.1 Å². The maximum Gasteiger partial charge on any atom is 0.407 e. The Morgan fingerprint density at radius 3 is 2.17 bits per heavy atom. The lowest BCUT2D eigenvalue weighted by atomic mass is 9.98. The summed E-state index contributed by atoms with van der Waals surface area (Å²) >= 11 is 0. The maximum absolute atomic E-state index is 12.4. The number of carbonyl (C=O) groups excluding carboxylic acids is 2. The van der Waals surface area contributed by atoms with Crippen LogP contribution in [0, 0.1) is 5.92 Å². The van der Waals surface area contributed by atoms with Crippen molar-refractivity contribution in [2.45, 2.75) is 31.2 Å². The monoisotopic (exact) mass is 408 g/mol. The number of nitrogens with one attached hydrogen (secondary N) is 2. The van der Waals surface area contributed by atoms with Crippen LogP contribution in [0.25, 0.3) is 11.1 Å². The molecule has 0 aliphatic heterocycles. The lowest BCUT2D eigenvalue weighted by Crippen LogP contribution is -2.48. The van der Waals surface area contributed by atoms with E-state index in [1.807, 2.05) is 36.4 Å². The second kappa shape index (κ2) is 8.57. The fourth-order valence-electron chi connectivity index (χ4n) is 3.99. The van der Waals surface area contributed by atoms with Crippen molar-refractivity contribution in [2.75, 3.05) is 13.2 Å². The Balaban J connectivity index is 1.40. The molecule has 156 valence electrons. The molecule has 0 saturated heterocycles. The molecule has 0 spiro atoms. The summed E-state index contributed by atoms with van der Waals surface area (Å²) in [6.07, 6.45) is 1.83. The third-order valence-electron chi connectivity index (χ3n) is 5.63. The molecule has 0 aromatic heterocycles. The smallest absolute Gasteiger partial charge is 0.407 e. The minimum Gasteiger partial charge on any atom is -0.480 e. The SMILES string of the molecule is O=C(O)CNC(=O)C(CC1CC1)NC(=O)OCC1c2ccccc2-c2ccccc21. The first-order valence-electron chi connectivity index (χ1n) is 10.1. The van der Waals surface area contributed by atoms with Gasteiger partial charge in [0.1, 0.15) is 19.2 Å². The van der Waals surface area contributed by atoms with Crippen molar-refractivity contribution in [3.63, 3.8) is 0 Å². The molecule has 7 nitrogen and oxygen atoms in total. The van der Waals surface area contributed by atoms with Crippen LogP contribution in [0.3, 0.4) is 0 Å². The van der Waals surface area contributed by atoms with Gasteiger partial charge in [0.05, 0.1) is 0 Å². The Hall–Kier alpha value is -3.35. The van der Waals surface area contributed by atoms with E-state index < -0.39 is 30.6 Å². The molecule has 2 amide bonds. The predicted octanol–water partition coefficient (Wildman–Crippen LogP) is 2.89. The van der Waals surface area contributed by atoms with Gasteiger partial charge in [0.25, 0.3) is 0 Å². The number of hydrogen-bond donors (Lipinski definition) is 3. The fraction of sp³-hybridized carbons (Fsp3) is 0.348. The highest BCUT2D eigenvalue weighted by molar-refractivity contribution is 5.88. The van der Waals surface area contributed by atoms with Crippen molar-refractivity contribution in [1.29, 1.82) is 0 Å². The number of amides is 2. The van der Waals surface area contributed by atoms with Gasteiger partial charge in [-0.05, 0) is 34.6 Å². The van der Waals surface area contributed by atoms with Gasteiger partial charge in [0.2, 0.25) is 5.91 Å². The van der Waals surface area contributed by atoms with Gasteiger partial charge in [-0.2, -0.15) is 0 Å². The number of benzene rings is 2. The number of carboxylic acid groups (broad SMARTS) is 1. The van der Waals surface area contributed by atoms with E-state index in [1.54, 1.807) is 0 Å². The number of carbonyl (C=O) groups is 3. The van der Waals surface area contributed by atoms with E-state index in [4.69, 9.17) is 9.84 Å². The highest BCUT2D eigenvalue weighted by Gasteiger charge is 2.32. The van der Waals surface area contributed by atoms with E-state index in [-0.39, 0.29) is 12.5 Å². The van der Waals surface area contributed by atoms with Crippen LogP contribution in [0.15, 0.2) is 48.5 Å². The number of carboxylic acids is 1. The summed E-state index contributed by atoms with van der Waals surface area (Å²) in [7, 11) is 0. The summed E-state index contributed by atoms with van der Waals surface area (Å²) in [6, 6.07) is 15.3. The largest absolute Gasteiger partial charge is 0.480 e. The molecule has 2 aromatic carbocycles. The minimum atomic E-state index is -1.13. The first-order chi connectivity index (χ1) is 14.5.